The van der Waals surface area contributed by atoms with Crippen LogP contribution in [0.4, 0.5) is 8.78 Å². The van der Waals surface area contributed by atoms with E-state index < -0.39 is 35.0 Å². The van der Waals surface area contributed by atoms with Crippen molar-refractivity contribution in [1.82, 2.24) is 31.1 Å². The third-order valence-corrected chi connectivity index (χ3v) is 6.18. The van der Waals surface area contributed by atoms with Crippen molar-refractivity contribution in [3.8, 4) is 11.3 Å². The predicted molar refractivity (Wildman–Crippen MR) is 115 cm³/mol. The molecule has 3 aromatic rings. The van der Waals surface area contributed by atoms with Crippen molar-refractivity contribution in [3.05, 3.63) is 65.9 Å². The highest BCUT2D eigenvalue weighted by atomic mass is 19.1. The predicted octanol–water partition coefficient (Wildman–Crippen LogP) is 1.92. The fourth-order valence-electron chi connectivity index (χ4n) is 4.15. The number of carbonyl (C=O) groups is 2. The van der Waals surface area contributed by atoms with Crippen molar-refractivity contribution in [2.75, 3.05) is 13.1 Å². The smallest absolute Gasteiger partial charge is 0.273 e. The van der Waals surface area contributed by atoms with Gasteiger partial charge in [0.15, 0.2) is 17.3 Å². The number of amides is 2. The Morgan fingerprint density at radius 3 is 2.68 bits per heavy atom. The second-order valence-corrected chi connectivity index (χ2v) is 8.52. The maximum Gasteiger partial charge on any atom is 0.273 e. The van der Waals surface area contributed by atoms with Crippen molar-refractivity contribution in [1.29, 1.82) is 0 Å². The molecule has 2 fully saturated rings. The molecule has 34 heavy (non-hydrogen) atoms. The van der Waals surface area contributed by atoms with Gasteiger partial charge in [-0.3, -0.25) is 9.59 Å². The van der Waals surface area contributed by atoms with Gasteiger partial charge < -0.3 is 20.5 Å². The van der Waals surface area contributed by atoms with Crippen LogP contribution in [0.1, 0.15) is 35.6 Å². The molecule has 2 aliphatic rings. The van der Waals surface area contributed by atoms with E-state index in [4.69, 9.17) is 4.52 Å². The van der Waals surface area contributed by atoms with E-state index in [-0.39, 0.29) is 22.9 Å². The van der Waals surface area contributed by atoms with Gasteiger partial charge in [0.05, 0.1) is 17.0 Å². The zero-order valence-corrected chi connectivity index (χ0v) is 18.1. The molecule has 9 nitrogen and oxygen atoms in total. The van der Waals surface area contributed by atoms with Crippen LogP contribution in [0.5, 0.6) is 0 Å². The fraction of sp³-hybridized carbons (Fsp3) is 0.348. The Morgan fingerprint density at radius 2 is 1.94 bits per heavy atom. The van der Waals surface area contributed by atoms with Crippen LogP contribution in [0.25, 0.3) is 11.3 Å². The molecule has 176 valence electrons. The number of benzene rings is 1. The van der Waals surface area contributed by atoms with E-state index in [0.29, 0.717) is 25.3 Å². The van der Waals surface area contributed by atoms with E-state index in [2.05, 4.69) is 31.1 Å². The molecule has 1 aromatic carbocycles. The third-order valence-electron chi connectivity index (χ3n) is 6.18. The average Bonchev–Trinajstić information content (AvgIpc) is 3.45. The molecule has 1 aliphatic heterocycles. The van der Waals surface area contributed by atoms with Gasteiger partial charge in [-0.1, -0.05) is 5.16 Å². The molecule has 1 aliphatic carbocycles. The molecule has 0 spiro atoms. The molecule has 1 saturated heterocycles. The molecule has 2 aromatic heterocycles. The van der Waals surface area contributed by atoms with Crippen LogP contribution in [0, 0.1) is 17.6 Å². The van der Waals surface area contributed by atoms with Gasteiger partial charge in [0.1, 0.15) is 11.6 Å². The quantitative estimate of drug-likeness (QED) is 0.505. The summed E-state index contributed by atoms with van der Waals surface area (Å²) in [7, 11) is 0. The Balaban J connectivity index is 1.27. The minimum atomic E-state index is -0.824. The van der Waals surface area contributed by atoms with Gasteiger partial charge in [0, 0.05) is 37.1 Å². The first-order valence-electron chi connectivity index (χ1n) is 11.0. The standard InChI is InChI=1S/C23H22F2N6O3/c24-13-2-3-14(16(25)10-13)19-11-18(31-34-19)21(33)29-17-4-9-26-12-15(17)20(32)30-23(5-6-23)22-27-7-1-8-28-22/h1-3,7-8,10-11,15,17,26H,4-6,9,12H2,(H,29,33)(H,30,32). The normalized spacial score (nSPS) is 21.0. The Kier molecular flexibility index (Phi) is 5.78. The first kappa shape index (κ1) is 22.1. The molecule has 0 radical (unpaired) electrons. The zero-order valence-electron chi connectivity index (χ0n) is 18.1. The highest BCUT2D eigenvalue weighted by molar-refractivity contribution is 5.94. The third kappa shape index (κ3) is 4.38. The number of carbonyl (C=O) groups excluding carboxylic acids is 2. The number of rotatable bonds is 6. The molecular formula is C23H22F2N6O3. The van der Waals surface area contributed by atoms with Crippen LogP contribution in [0.3, 0.4) is 0 Å². The summed E-state index contributed by atoms with van der Waals surface area (Å²) in [6, 6.07) is 5.59. The summed E-state index contributed by atoms with van der Waals surface area (Å²) in [5.74, 6) is -2.22. The summed E-state index contributed by atoms with van der Waals surface area (Å²) in [5, 5.41) is 12.8. The highest BCUT2D eigenvalue weighted by Crippen LogP contribution is 2.43. The maximum absolute atomic E-state index is 14.0. The Hall–Kier alpha value is -3.73. The SMILES string of the molecule is O=C(NC1CCNCC1C(=O)NC1(c2ncccn2)CC1)c1cc(-c2ccc(F)cc2F)on1. The van der Waals surface area contributed by atoms with E-state index in [1.54, 1.807) is 18.5 Å². The first-order valence-corrected chi connectivity index (χ1v) is 11.0. The summed E-state index contributed by atoms with van der Waals surface area (Å²) in [4.78, 5) is 34.5. The zero-order chi connectivity index (χ0) is 23.7. The highest BCUT2D eigenvalue weighted by Gasteiger charge is 2.50. The van der Waals surface area contributed by atoms with Gasteiger partial charge in [-0.05, 0) is 44.0 Å². The van der Waals surface area contributed by atoms with Crippen molar-refractivity contribution < 1.29 is 22.9 Å². The van der Waals surface area contributed by atoms with Crippen LogP contribution in [-0.4, -0.2) is 46.1 Å². The minimum absolute atomic E-state index is 0.000732. The number of halogens is 2. The number of piperidine rings is 1. The van der Waals surface area contributed by atoms with Crippen LogP contribution >= 0.6 is 0 Å². The Labute approximate surface area is 193 Å². The van der Waals surface area contributed by atoms with E-state index in [1.165, 1.54) is 12.1 Å². The molecular weight excluding hydrogens is 446 g/mol. The summed E-state index contributed by atoms with van der Waals surface area (Å²) in [5.41, 5.74) is -0.636. The summed E-state index contributed by atoms with van der Waals surface area (Å²) < 4.78 is 32.3. The monoisotopic (exact) mass is 468 g/mol. The number of nitrogens with zero attached hydrogens (tertiary/aromatic N) is 3. The van der Waals surface area contributed by atoms with Crippen LogP contribution in [-0.2, 0) is 10.3 Å². The Bertz CT molecular complexity index is 1210. The number of nitrogens with one attached hydrogen (secondary N) is 3. The van der Waals surface area contributed by atoms with E-state index in [0.717, 1.165) is 25.0 Å². The summed E-state index contributed by atoms with van der Waals surface area (Å²) in [6.07, 6.45) is 5.33. The fourth-order valence-corrected chi connectivity index (χ4v) is 4.15. The molecule has 0 bridgehead atoms. The van der Waals surface area contributed by atoms with Crippen molar-refractivity contribution in [2.24, 2.45) is 5.92 Å². The molecule has 11 heteroatoms. The van der Waals surface area contributed by atoms with E-state index in [1.807, 2.05) is 0 Å². The second-order valence-electron chi connectivity index (χ2n) is 8.52. The van der Waals surface area contributed by atoms with Gasteiger partial charge in [-0.15, -0.1) is 0 Å². The number of hydrogen-bond donors (Lipinski definition) is 3. The second kappa shape index (κ2) is 8.90. The number of aromatic nitrogens is 3. The lowest BCUT2D eigenvalue weighted by Crippen LogP contribution is -2.56. The largest absolute Gasteiger partial charge is 0.355 e. The van der Waals surface area contributed by atoms with Crippen LogP contribution in [0.2, 0.25) is 0 Å². The van der Waals surface area contributed by atoms with Crippen molar-refractivity contribution in [2.45, 2.75) is 30.8 Å². The van der Waals surface area contributed by atoms with Gasteiger partial charge in [-0.25, -0.2) is 18.7 Å². The lowest BCUT2D eigenvalue weighted by atomic mass is 9.91. The average molecular weight is 468 g/mol. The maximum atomic E-state index is 14.0. The molecule has 2 atom stereocenters. The Morgan fingerprint density at radius 1 is 1.15 bits per heavy atom. The molecule has 3 N–H and O–H groups in total. The van der Waals surface area contributed by atoms with E-state index in [9.17, 15) is 18.4 Å². The number of hydrogen-bond acceptors (Lipinski definition) is 7. The summed E-state index contributed by atoms with van der Waals surface area (Å²) >= 11 is 0. The van der Waals surface area contributed by atoms with E-state index >= 15 is 0 Å². The van der Waals surface area contributed by atoms with Crippen molar-refractivity contribution >= 4 is 11.8 Å². The van der Waals surface area contributed by atoms with Crippen LogP contribution < -0.4 is 16.0 Å². The van der Waals surface area contributed by atoms with Gasteiger partial charge >= 0.3 is 0 Å². The first-order chi connectivity index (χ1) is 16.4. The minimum Gasteiger partial charge on any atom is -0.355 e. The molecule has 2 amide bonds. The molecule has 5 rings (SSSR count). The topological polar surface area (TPSA) is 122 Å². The lowest BCUT2D eigenvalue weighted by Gasteiger charge is -2.32. The molecule has 1 saturated carbocycles. The van der Waals surface area contributed by atoms with Gasteiger partial charge in [0.25, 0.3) is 5.91 Å². The van der Waals surface area contributed by atoms with Crippen LogP contribution in [0.15, 0.2) is 47.2 Å². The molecule has 3 heterocycles. The van der Waals surface area contributed by atoms with Gasteiger partial charge in [-0.2, -0.15) is 0 Å². The molecule has 2 unspecified atom stereocenters. The van der Waals surface area contributed by atoms with Crippen molar-refractivity contribution in [3.63, 3.8) is 0 Å². The lowest BCUT2D eigenvalue weighted by molar-refractivity contribution is -0.127. The van der Waals surface area contributed by atoms with Gasteiger partial charge in [0.2, 0.25) is 5.91 Å². The summed E-state index contributed by atoms with van der Waals surface area (Å²) in [6.45, 7) is 1.03.